The second kappa shape index (κ2) is 5.86. The number of hydrogen-bond donors (Lipinski definition) is 2. The lowest BCUT2D eigenvalue weighted by molar-refractivity contribution is -0.141. The van der Waals surface area contributed by atoms with E-state index in [4.69, 9.17) is 5.11 Å². The Bertz CT molecular complexity index is 278. The molecule has 0 rings (SSSR count). The van der Waals surface area contributed by atoms with Gasteiger partial charge in [-0.25, -0.2) is 9.59 Å². The van der Waals surface area contributed by atoms with Gasteiger partial charge < -0.3 is 15.3 Å². The maximum atomic E-state index is 11.2. The molecule has 0 saturated heterocycles. The van der Waals surface area contributed by atoms with E-state index in [0.29, 0.717) is 0 Å². The third kappa shape index (κ3) is 3.81. The molecule has 0 aliphatic rings. The summed E-state index contributed by atoms with van der Waals surface area (Å²) in [5.74, 6) is 4.22. The van der Waals surface area contributed by atoms with Crippen LogP contribution in [0, 0.1) is 11.8 Å². The molecule has 78 valence electrons. The van der Waals surface area contributed by atoms with E-state index in [1.807, 2.05) is 0 Å². The van der Waals surface area contributed by atoms with Gasteiger partial charge >= 0.3 is 12.0 Å². The summed E-state index contributed by atoms with van der Waals surface area (Å²) in [5.41, 5.74) is 0. The zero-order valence-electron chi connectivity index (χ0n) is 8.50. The van der Waals surface area contributed by atoms with E-state index in [-0.39, 0.29) is 6.54 Å². The zero-order chi connectivity index (χ0) is 11.1. The summed E-state index contributed by atoms with van der Waals surface area (Å²) in [4.78, 5) is 22.9. The molecule has 0 aliphatic carbocycles. The smallest absolute Gasteiger partial charge is 0.326 e. The van der Waals surface area contributed by atoms with E-state index in [0.717, 1.165) is 4.90 Å². The first-order chi connectivity index (χ1) is 6.50. The third-order valence-electron chi connectivity index (χ3n) is 1.76. The molecule has 0 aromatic carbocycles. The highest BCUT2D eigenvalue weighted by Gasteiger charge is 2.20. The highest BCUT2D eigenvalue weighted by molar-refractivity contribution is 5.82. The number of amides is 2. The number of rotatable bonds is 3. The predicted octanol–water partition coefficient (Wildman–Crippen LogP) is 0.124. The lowest BCUT2D eigenvalue weighted by atomic mass is 10.3. The molecule has 0 heterocycles. The van der Waals surface area contributed by atoms with Crippen LogP contribution in [0.25, 0.3) is 0 Å². The van der Waals surface area contributed by atoms with Crippen molar-refractivity contribution >= 4 is 12.0 Å². The Morgan fingerprint density at radius 3 is 2.57 bits per heavy atom. The van der Waals surface area contributed by atoms with Crippen LogP contribution in [0.15, 0.2) is 0 Å². The first-order valence-electron chi connectivity index (χ1n) is 4.13. The van der Waals surface area contributed by atoms with Crippen LogP contribution in [0.4, 0.5) is 4.79 Å². The molecule has 14 heavy (non-hydrogen) atoms. The Kier molecular flexibility index (Phi) is 5.15. The number of carbonyl (C=O) groups excluding carboxylic acids is 1. The largest absolute Gasteiger partial charge is 0.480 e. The van der Waals surface area contributed by atoms with Crippen LogP contribution < -0.4 is 5.32 Å². The Balaban J connectivity index is 4.09. The monoisotopic (exact) mass is 198 g/mol. The molecule has 0 saturated carbocycles. The van der Waals surface area contributed by atoms with Gasteiger partial charge in [0.2, 0.25) is 0 Å². The first kappa shape index (κ1) is 12.3. The Morgan fingerprint density at radius 2 is 2.14 bits per heavy atom. The van der Waals surface area contributed by atoms with Crippen molar-refractivity contribution in [3.63, 3.8) is 0 Å². The number of carbonyl (C=O) groups is 2. The fourth-order valence-corrected chi connectivity index (χ4v) is 0.674. The molecule has 0 bridgehead atoms. The lowest BCUT2D eigenvalue weighted by Crippen LogP contribution is -2.45. The fraction of sp³-hybridized carbons (Fsp3) is 0.556. The molecule has 0 aromatic heterocycles. The maximum Gasteiger partial charge on any atom is 0.326 e. The van der Waals surface area contributed by atoms with Gasteiger partial charge in [0.15, 0.2) is 0 Å². The highest BCUT2D eigenvalue weighted by atomic mass is 16.4. The van der Waals surface area contributed by atoms with Crippen LogP contribution in [0.5, 0.6) is 0 Å². The molecule has 5 heteroatoms. The molecule has 2 amide bonds. The number of likely N-dealkylation sites (N-methyl/N-ethyl adjacent to an activating group) is 1. The van der Waals surface area contributed by atoms with Crippen molar-refractivity contribution in [2.24, 2.45) is 0 Å². The number of nitrogens with one attached hydrogen (secondary N) is 1. The maximum absolute atomic E-state index is 11.2. The summed E-state index contributed by atoms with van der Waals surface area (Å²) in [6.07, 6.45) is 0. The van der Waals surface area contributed by atoms with Crippen molar-refractivity contribution in [3.05, 3.63) is 0 Å². The summed E-state index contributed by atoms with van der Waals surface area (Å²) >= 11 is 0. The summed E-state index contributed by atoms with van der Waals surface area (Å²) in [5, 5.41) is 11.1. The van der Waals surface area contributed by atoms with Gasteiger partial charge in [-0.3, -0.25) is 0 Å². The average molecular weight is 198 g/mol. The molecule has 0 radical (unpaired) electrons. The van der Waals surface area contributed by atoms with Crippen LogP contribution in [-0.4, -0.2) is 41.6 Å². The Labute approximate surface area is 83.1 Å². The van der Waals surface area contributed by atoms with E-state index in [1.54, 1.807) is 6.92 Å². The first-order valence-corrected chi connectivity index (χ1v) is 4.13. The number of carboxylic acid groups (broad SMARTS) is 1. The van der Waals surface area contributed by atoms with Crippen molar-refractivity contribution in [2.45, 2.75) is 19.9 Å². The predicted molar refractivity (Wildman–Crippen MR) is 51.7 cm³/mol. The number of carboxylic acids is 1. The minimum Gasteiger partial charge on any atom is -0.480 e. The number of aliphatic carboxylic acids is 1. The lowest BCUT2D eigenvalue weighted by Gasteiger charge is -2.21. The van der Waals surface area contributed by atoms with Crippen molar-refractivity contribution in [1.29, 1.82) is 0 Å². The minimum absolute atomic E-state index is 0.228. The van der Waals surface area contributed by atoms with Crippen LogP contribution in [-0.2, 0) is 4.79 Å². The molecular formula is C9H14N2O3. The van der Waals surface area contributed by atoms with E-state index in [9.17, 15) is 9.59 Å². The number of hydrogen-bond acceptors (Lipinski definition) is 2. The standard InChI is InChI=1S/C9H14N2O3/c1-4-5-6-10-9(14)11(3)7(2)8(12)13/h7H,6H2,1-3H3,(H,10,14)(H,12,13). The Hall–Kier alpha value is -1.70. The second-order valence-electron chi connectivity index (χ2n) is 2.71. The van der Waals surface area contributed by atoms with Gasteiger partial charge in [-0.2, -0.15) is 0 Å². The molecule has 1 atom stereocenters. The van der Waals surface area contributed by atoms with Crippen LogP contribution >= 0.6 is 0 Å². The van der Waals surface area contributed by atoms with E-state index in [1.165, 1.54) is 14.0 Å². The molecule has 0 fully saturated rings. The van der Waals surface area contributed by atoms with Crippen molar-refractivity contribution in [1.82, 2.24) is 10.2 Å². The van der Waals surface area contributed by atoms with E-state index >= 15 is 0 Å². The fourth-order valence-electron chi connectivity index (χ4n) is 0.674. The summed E-state index contributed by atoms with van der Waals surface area (Å²) < 4.78 is 0. The van der Waals surface area contributed by atoms with Gasteiger partial charge in [-0.15, -0.1) is 5.92 Å². The SMILES string of the molecule is CC#CCNC(=O)N(C)C(C)C(=O)O. The molecule has 0 aliphatic heterocycles. The van der Waals surface area contributed by atoms with Crippen LogP contribution in [0.3, 0.4) is 0 Å². The van der Waals surface area contributed by atoms with Crippen molar-refractivity contribution < 1.29 is 14.7 Å². The quantitative estimate of drug-likeness (QED) is 0.633. The number of urea groups is 1. The minimum atomic E-state index is -1.04. The van der Waals surface area contributed by atoms with Crippen molar-refractivity contribution in [2.75, 3.05) is 13.6 Å². The summed E-state index contributed by atoms with van der Waals surface area (Å²) in [7, 11) is 1.42. The van der Waals surface area contributed by atoms with Gasteiger partial charge in [0.25, 0.3) is 0 Å². The molecule has 5 nitrogen and oxygen atoms in total. The summed E-state index contributed by atoms with van der Waals surface area (Å²) in [6.45, 7) is 3.33. The van der Waals surface area contributed by atoms with Gasteiger partial charge in [0.1, 0.15) is 6.04 Å². The van der Waals surface area contributed by atoms with E-state index < -0.39 is 18.0 Å². The van der Waals surface area contributed by atoms with Gasteiger partial charge in [0.05, 0.1) is 6.54 Å². The van der Waals surface area contributed by atoms with Gasteiger partial charge in [-0.05, 0) is 13.8 Å². The molecule has 1 unspecified atom stereocenters. The molecule has 0 aromatic rings. The Morgan fingerprint density at radius 1 is 1.57 bits per heavy atom. The molecule has 0 spiro atoms. The topological polar surface area (TPSA) is 69.6 Å². The normalized spacial score (nSPS) is 10.8. The molecule has 2 N–H and O–H groups in total. The van der Waals surface area contributed by atoms with Gasteiger partial charge in [0, 0.05) is 7.05 Å². The second-order valence-corrected chi connectivity index (χ2v) is 2.71. The zero-order valence-corrected chi connectivity index (χ0v) is 8.50. The average Bonchev–Trinajstić information content (AvgIpc) is 2.15. The summed E-state index contributed by atoms with van der Waals surface area (Å²) in [6, 6.07) is -1.28. The van der Waals surface area contributed by atoms with Crippen LogP contribution in [0.1, 0.15) is 13.8 Å². The van der Waals surface area contributed by atoms with Crippen molar-refractivity contribution in [3.8, 4) is 11.8 Å². The van der Waals surface area contributed by atoms with Gasteiger partial charge in [-0.1, -0.05) is 5.92 Å². The van der Waals surface area contributed by atoms with E-state index in [2.05, 4.69) is 17.2 Å². The van der Waals surface area contributed by atoms with Crippen LogP contribution in [0.2, 0.25) is 0 Å². The molecular weight excluding hydrogens is 184 g/mol. The number of nitrogens with zero attached hydrogens (tertiary/aromatic N) is 1. The third-order valence-corrected chi connectivity index (χ3v) is 1.76. The highest BCUT2D eigenvalue weighted by Crippen LogP contribution is 1.95.